The monoisotopic (exact) mass is 375 g/mol. The molecule has 2 aliphatic rings. The minimum absolute atomic E-state index is 0.00448. The maximum absolute atomic E-state index is 13.5. The number of likely N-dealkylation sites (tertiary alicyclic amines) is 1. The summed E-state index contributed by atoms with van der Waals surface area (Å²) < 4.78 is 32.9. The van der Waals surface area contributed by atoms with Crippen LogP contribution in [0.4, 0.5) is 8.78 Å². The lowest BCUT2D eigenvalue weighted by molar-refractivity contribution is 0.0221. The van der Waals surface area contributed by atoms with Crippen LogP contribution in [0.2, 0.25) is 0 Å². The van der Waals surface area contributed by atoms with Crippen molar-refractivity contribution in [2.75, 3.05) is 19.6 Å². The van der Waals surface area contributed by atoms with Crippen LogP contribution in [0.1, 0.15) is 18.4 Å². The highest BCUT2D eigenvalue weighted by molar-refractivity contribution is 5.30. The van der Waals surface area contributed by atoms with Crippen LogP contribution in [0.3, 0.4) is 0 Å². The van der Waals surface area contributed by atoms with Gasteiger partial charge >= 0.3 is 0 Å². The van der Waals surface area contributed by atoms with Gasteiger partial charge in [-0.15, -0.1) is 0 Å². The van der Waals surface area contributed by atoms with Gasteiger partial charge in [0, 0.05) is 32.0 Å². The zero-order valence-electron chi connectivity index (χ0n) is 14.9. The van der Waals surface area contributed by atoms with E-state index in [4.69, 9.17) is 4.74 Å². The first-order chi connectivity index (χ1) is 12.9. The van der Waals surface area contributed by atoms with Crippen LogP contribution < -0.4 is 4.74 Å². The van der Waals surface area contributed by atoms with Gasteiger partial charge in [0.25, 0.3) is 0 Å². The van der Waals surface area contributed by atoms with Crippen molar-refractivity contribution < 1.29 is 23.7 Å². The van der Waals surface area contributed by atoms with Crippen molar-refractivity contribution in [1.82, 2.24) is 4.90 Å². The van der Waals surface area contributed by atoms with E-state index in [1.807, 2.05) is 30.3 Å². The van der Waals surface area contributed by atoms with Crippen molar-refractivity contribution in [1.29, 1.82) is 0 Å². The highest BCUT2D eigenvalue weighted by atomic mass is 19.1. The molecule has 2 aromatic rings. The van der Waals surface area contributed by atoms with Crippen molar-refractivity contribution in [2.45, 2.75) is 31.0 Å². The van der Waals surface area contributed by atoms with Gasteiger partial charge in [0.05, 0.1) is 5.60 Å². The van der Waals surface area contributed by atoms with Crippen LogP contribution in [0, 0.1) is 17.6 Å². The Balaban J connectivity index is 1.32. The second kappa shape index (κ2) is 7.09. The first kappa shape index (κ1) is 18.2. The summed E-state index contributed by atoms with van der Waals surface area (Å²) in [5.41, 5.74) is -0.276. The van der Waals surface area contributed by atoms with E-state index in [-0.39, 0.29) is 12.0 Å². The third kappa shape index (κ3) is 3.77. The largest absolute Gasteiger partial charge is 0.503 e. The molecule has 4 nitrogen and oxygen atoms in total. The van der Waals surface area contributed by atoms with Crippen molar-refractivity contribution in [2.24, 2.45) is 5.92 Å². The van der Waals surface area contributed by atoms with E-state index in [1.165, 1.54) is 0 Å². The van der Waals surface area contributed by atoms with Gasteiger partial charge in [-0.3, -0.25) is 4.90 Å². The highest BCUT2D eigenvalue weighted by Crippen LogP contribution is 2.43. The van der Waals surface area contributed by atoms with E-state index in [0.717, 1.165) is 30.8 Å². The van der Waals surface area contributed by atoms with Gasteiger partial charge in [0.15, 0.2) is 17.4 Å². The molecule has 0 amide bonds. The molecule has 2 aromatic carbocycles. The van der Waals surface area contributed by atoms with Crippen molar-refractivity contribution in [3.63, 3.8) is 0 Å². The Morgan fingerprint density at radius 3 is 2.52 bits per heavy atom. The predicted octanol–water partition coefficient (Wildman–Crippen LogP) is 3.12. The minimum atomic E-state index is -0.942. The number of aliphatic hydroxyl groups is 1. The summed E-state index contributed by atoms with van der Waals surface area (Å²) in [6, 6.07) is 11.9. The number of halogens is 2. The Labute approximate surface area is 157 Å². The number of benzene rings is 2. The fraction of sp³-hybridized carbons (Fsp3) is 0.429. The third-order valence-corrected chi connectivity index (χ3v) is 5.70. The molecule has 2 N–H and O–H groups in total. The smallest absolute Gasteiger partial charge is 0.187 e. The van der Waals surface area contributed by atoms with E-state index in [1.54, 1.807) is 0 Å². The number of rotatable bonds is 5. The molecular formula is C21H23F2NO3. The van der Waals surface area contributed by atoms with Gasteiger partial charge in [-0.1, -0.05) is 18.2 Å². The first-order valence-corrected chi connectivity index (χ1v) is 9.26. The average molecular weight is 375 g/mol. The van der Waals surface area contributed by atoms with E-state index < -0.39 is 23.0 Å². The molecule has 0 unspecified atom stereocenters. The Bertz CT molecular complexity index is 793. The summed E-state index contributed by atoms with van der Waals surface area (Å²) in [5.74, 6) is -1.86. The molecule has 2 fully saturated rings. The van der Waals surface area contributed by atoms with Crippen molar-refractivity contribution >= 4 is 0 Å². The number of hydrogen-bond donors (Lipinski definition) is 2. The molecule has 0 aromatic heterocycles. The van der Waals surface area contributed by atoms with Crippen LogP contribution in [0.5, 0.6) is 11.5 Å². The van der Waals surface area contributed by atoms with Crippen LogP contribution in [0.15, 0.2) is 42.5 Å². The fourth-order valence-corrected chi connectivity index (χ4v) is 4.38. The summed E-state index contributed by atoms with van der Waals surface area (Å²) in [6.07, 6.45) is 1.85. The Kier molecular flexibility index (Phi) is 4.78. The number of para-hydroxylation sites is 1. The number of nitrogens with zero attached hydrogens (tertiary/aromatic N) is 1. The summed E-state index contributed by atoms with van der Waals surface area (Å²) >= 11 is 0. The lowest BCUT2D eigenvalue weighted by Gasteiger charge is -2.23. The summed E-state index contributed by atoms with van der Waals surface area (Å²) in [5, 5.41) is 20.2. The zero-order valence-corrected chi connectivity index (χ0v) is 14.9. The maximum Gasteiger partial charge on any atom is 0.187 e. The van der Waals surface area contributed by atoms with Crippen LogP contribution >= 0.6 is 0 Å². The Morgan fingerprint density at radius 1 is 1.15 bits per heavy atom. The molecule has 144 valence electrons. The average Bonchev–Trinajstić information content (AvgIpc) is 3.09. The van der Waals surface area contributed by atoms with E-state index in [9.17, 15) is 19.0 Å². The number of phenolic OH excluding ortho intramolecular Hbond substituents is 1. The molecule has 1 aliphatic carbocycles. The number of fused-ring (bicyclic) bond motifs is 1. The first-order valence-electron chi connectivity index (χ1n) is 9.26. The van der Waals surface area contributed by atoms with E-state index in [2.05, 4.69) is 4.90 Å². The van der Waals surface area contributed by atoms with Gasteiger partial charge in [0.2, 0.25) is 0 Å². The lowest BCUT2D eigenvalue weighted by Crippen LogP contribution is -2.36. The molecule has 0 spiro atoms. The van der Waals surface area contributed by atoms with Gasteiger partial charge < -0.3 is 14.9 Å². The topological polar surface area (TPSA) is 52.9 Å². The van der Waals surface area contributed by atoms with Crippen LogP contribution in [-0.4, -0.2) is 46.5 Å². The molecule has 1 aliphatic heterocycles. The number of ether oxygens (including phenoxy) is 1. The number of aromatic hydroxyl groups is 1. The molecule has 4 rings (SSSR count). The van der Waals surface area contributed by atoms with Gasteiger partial charge in [0.1, 0.15) is 11.9 Å². The van der Waals surface area contributed by atoms with Crippen LogP contribution in [0.25, 0.3) is 0 Å². The number of β-amino-alcohol motifs (C(OH)–C–C–N with tert-alkyl or cyclic N) is 1. The number of hydrogen-bond acceptors (Lipinski definition) is 4. The summed E-state index contributed by atoms with van der Waals surface area (Å²) in [4.78, 5) is 2.13. The lowest BCUT2D eigenvalue weighted by atomic mass is 9.95. The molecule has 0 bridgehead atoms. The van der Waals surface area contributed by atoms with Gasteiger partial charge in [-0.05, 0) is 42.7 Å². The normalized spacial score (nSPS) is 27.7. The Morgan fingerprint density at radius 2 is 1.85 bits per heavy atom. The number of phenols is 1. The molecule has 1 heterocycles. The maximum atomic E-state index is 13.5. The summed E-state index contributed by atoms with van der Waals surface area (Å²) in [6.45, 7) is 1.89. The molecule has 3 atom stereocenters. The van der Waals surface area contributed by atoms with E-state index >= 15 is 0 Å². The third-order valence-electron chi connectivity index (χ3n) is 5.70. The van der Waals surface area contributed by atoms with Gasteiger partial charge in [-0.2, -0.15) is 0 Å². The van der Waals surface area contributed by atoms with Crippen LogP contribution in [-0.2, 0) is 6.42 Å². The predicted molar refractivity (Wildman–Crippen MR) is 96.7 cm³/mol. The SMILES string of the molecule is Oc1c(F)cc(CCN2C[C@H]3C[C@H](Oc4ccccc4)C[C@@]3(O)C2)cc1F. The Hall–Kier alpha value is -2.18. The van der Waals surface area contributed by atoms with Crippen molar-refractivity contribution in [3.8, 4) is 11.5 Å². The highest BCUT2D eigenvalue weighted by Gasteiger charge is 2.52. The fourth-order valence-electron chi connectivity index (χ4n) is 4.38. The molecular weight excluding hydrogens is 352 g/mol. The second-order valence-electron chi connectivity index (χ2n) is 7.69. The molecule has 0 radical (unpaired) electrons. The molecule has 1 saturated heterocycles. The molecule has 6 heteroatoms. The van der Waals surface area contributed by atoms with Gasteiger partial charge in [-0.25, -0.2) is 8.78 Å². The molecule has 1 saturated carbocycles. The summed E-state index contributed by atoms with van der Waals surface area (Å²) in [7, 11) is 0. The van der Waals surface area contributed by atoms with E-state index in [0.29, 0.717) is 31.5 Å². The standard InChI is InChI=1S/C21H23F2NO3/c22-18-8-14(9-19(23)20(18)25)6-7-24-12-15-10-17(11-21(15,26)13-24)27-16-4-2-1-3-5-16/h1-5,8-9,15,17,25-26H,6-7,10-13H2/t15-,17+,21-/m1/s1. The zero-order chi connectivity index (χ0) is 19.0. The molecule has 27 heavy (non-hydrogen) atoms. The second-order valence-corrected chi connectivity index (χ2v) is 7.69. The van der Waals surface area contributed by atoms with Crippen molar-refractivity contribution in [3.05, 3.63) is 59.7 Å². The minimum Gasteiger partial charge on any atom is -0.503 e. The quantitative estimate of drug-likeness (QED) is 0.843.